The maximum absolute atomic E-state index is 15.0. The highest BCUT2D eigenvalue weighted by atomic mass is 19.1. The van der Waals surface area contributed by atoms with Gasteiger partial charge >= 0.3 is 0 Å². The lowest BCUT2D eigenvalue weighted by Crippen LogP contribution is -2.43. The highest BCUT2D eigenvalue weighted by Gasteiger charge is 2.19. The number of hydrazine groups is 1. The second-order valence-corrected chi connectivity index (χ2v) is 6.89. The van der Waals surface area contributed by atoms with Gasteiger partial charge in [0, 0.05) is 44.8 Å². The Hall–Kier alpha value is -3.26. The van der Waals surface area contributed by atoms with Gasteiger partial charge < -0.3 is 10.2 Å². The van der Waals surface area contributed by atoms with Gasteiger partial charge in [0.25, 0.3) is 0 Å². The fourth-order valence-corrected chi connectivity index (χ4v) is 3.53. The quantitative estimate of drug-likeness (QED) is 0.509. The first-order chi connectivity index (χ1) is 14.1. The van der Waals surface area contributed by atoms with E-state index in [1.54, 1.807) is 31.3 Å². The molecule has 2 heterocycles. The molecule has 1 aliphatic rings. The number of benzene rings is 2. The summed E-state index contributed by atoms with van der Waals surface area (Å²) in [6.45, 7) is 2.98. The molecule has 0 unspecified atom stereocenters. The predicted molar refractivity (Wildman–Crippen MR) is 111 cm³/mol. The zero-order valence-electron chi connectivity index (χ0n) is 16.0. The van der Waals surface area contributed by atoms with Crippen molar-refractivity contribution in [2.45, 2.75) is 0 Å². The molecule has 0 aliphatic carbocycles. The average Bonchev–Trinajstić information content (AvgIpc) is 2.74. The standard InChI is InChI=1S/C21H21F2N5O/c1-27(19-5-3-2-4-16(19)22)26-21-14(13-29)12-25-18-11-20(17(23)10-15(18)21)28-8-6-24-7-9-28/h2-5,10-13,24H,6-9H2,1H3,(H,25,26). The fraction of sp³-hybridized carbons (Fsp3) is 0.238. The SMILES string of the molecule is CN(Nc1c(C=O)cnc2cc(N3CCNCC3)c(F)cc12)c1ccccc1F. The Morgan fingerprint density at radius 3 is 2.66 bits per heavy atom. The second-order valence-electron chi connectivity index (χ2n) is 6.89. The number of carbonyl (C=O) groups is 1. The van der Waals surface area contributed by atoms with Crippen molar-refractivity contribution in [2.75, 3.05) is 48.6 Å². The number of halogens is 2. The molecule has 0 saturated carbocycles. The Labute approximate surface area is 167 Å². The molecule has 6 nitrogen and oxygen atoms in total. The van der Waals surface area contributed by atoms with Gasteiger partial charge in [0.1, 0.15) is 11.6 Å². The molecule has 1 fully saturated rings. The number of aldehydes is 1. The topological polar surface area (TPSA) is 60.5 Å². The van der Waals surface area contributed by atoms with Crippen molar-refractivity contribution in [1.29, 1.82) is 0 Å². The van der Waals surface area contributed by atoms with Crippen LogP contribution in [0.5, 0.6) is 0 Å². The molecule has 2 N–H and O–H groups in total. The van der Waals surface area contributed by atoms with Crippen molar-refractivity contribution in [3.8, 4) is 0 Å². The van der Waals surface area contributed by atoms with Crippen LogP contribution in [0.2, 0.25) is 0 Å². The first kappa shape index (κ1) is 19.1. The number of hydrogen-bond donors (Lipinski definition) is 2. The number of anilines is 3. The van der Waals surface area contributed by atoms with Gasteiger partial charge in [0.2, 0.25) is 0 Å². The minimum absolute atomic E-state index is 0.259. The number of piperazine rings is 1. The average molecular weight is 397 g/mol. The molecule has 0 radical (unpaired) electrons. The number of aromatic nitrogens is 1. The summed E-state index contributed by atoms with van der Waals surface area (Å²) in [7, 11) is 1.63. The van der Waals surface area contributed by atoms with E-state index in [2.05, 4.69) is 15.7 Å². The highest BCUT2D eigenvalue weighted by Crippen LogP contribution is 2.32. The van der Waals surface area contributed by atoms with E-state index in [9.17, 15) is 13.6 Å². The number of fused-ring (bicyclic) bond motifs is 1. The van der Waals surface area contributed by atoms with Gasteiger partial charge in [-0.25, -0.2) is 8.78 Å². The van der Waals surface area contributed by atoms with Crippen LogP contribution in [0.25, 0.3) is 10.9 Å². The molecule has 0 spiro atoms. The molecular formula is C21H21F2N5O. The molecule has 150 valence electrons. The number of carbonyl (C=O) groups excluding carboxylic acids is 1. The Morgan fingerprint density at radius 1 is 1.17 bits per heavy atom. The number of pyridine rings is 1. The zero-order chi connectivity index (χ0) is 20.4. The van der Waals surface area contributed by atoms with E-state index in [1.165, 1.54) is 23.3 Å². The molecular weight excluding hydrogens is 376 g/mol. The molecule has 4 rings (SSSR count). The fourth-order valence-electron chi connectivity index (χ4n) is 3.53. The monoisotopic (exact) mass is 397 g/mol. The van der Waals surface area contributed by atoms with Crippen molar-refractivity contribution in [3.63, 3.8) is 0 Å². The van der Waals surface area contributed by atoms with Gasteiger partial charge in [-0.1, -0.05) is 12.1 Å². The second kappa shape index (κ2) is 8.00. The Bertz CT molecular complexity index is 1050. The highest BCUT2D eigenvalue weighted by molar-refractivity contribution is 6.01. The van der Waals surface area contributed by atoms with Crippen molar-refractivity contribution in [2.24, 2.45) is 0 Å². The summed E-state index contributed by atoms with van der Waals surface area (Å²) in [5.74, 6) is -0.804. The van der Waals surface area contributed by atoms with Gasteiger partial charge in [-0.3, -0.25) is 20.2 Å². The van der Waals surface area contributed by atoms with E-state index in [-0.39, 0.29) is 11.4 Å². The van der Waals surface area contributed by atoms with Crippen molar-refractivity contribution in [3.05, 3.63) is 59.8 Å². The predicted octanol–water partition coefficient (Wildman–Crippen LogP) is 3.20. The van der Waals surface area contributed by atoms with Gasteiger partial charge in [-0.05, 0) is 24.3 Å². The van der Waals surface area contributed by atoms with Crippen LogP contribution in [0.3, 0.4) is 0 Å². The van der Waals surface area contributed by atoms with Crippen LogP contribution in [0.1, 0.15) is 10.4 Å². The van der Waals surface area contributed by atoms with Crippen LogP contribution < -0.4 is 20.7 Å². The summed E-state index contributed by atoms with van der Waals surface area (Å²) in [5.41, 5.74) is 4.99. The van der Waals surface area contributed by atoms with Crippen molar-refractivity contribution >= 4 is 34.3 Å². The van der Waals surface area contributed by atoms with Gasteiger partial charge in [0.05, 0.1) is 28.1 Å². The van der Waals surface area contributed by atoms with Crippen LogP contribution in [0.15, 0.2) is 42.6 Å². The van der Waals surface area contributed by atoms with Crippen LogP contribution in [0, 0.1) is 11.6 Å². The number of nitrogens with zero attached hydrogens (tertiary/aromatic N) is 3. The van der Waals surface area contributed by atoms with E-state index in [0.29, 0.717) is 47.3 Å². The summed E-state index contributed by atoms with van der Waals surface area (Å²) < 4.78 is 29.1. The third-order valence-corrected chi connectivity index (χ3v) is 5.04. The van der Waals surface area contributed by atoms with E-state index < -0.39 is 5.82 Å². The molecule has 1 aliphatic heterocycles. The number of nitrogens with one attached hydrogen (secondary N) is 2. The first-order valence-electron chi connectivity index (χ1n) is 9.36. The number of para-hydroxylation sites is 1. The van der Waals surface area contributed by atoms with Gasteiger partial charge in [0.15, 0.2) is 6.29 Å². The Morgan fingerprint density at radius 2 is 1.93 bits per heavy atom. The molecule has 0 bridgehead atoms. The zero-order valence-corrected chi connectivity index (χ0v) is 16.0. The maximum Gasteiger partial charge on any atom is 0.153 e. The van der Waals surface area contributed by atoms with Gasteiger partial charge in [-0.15, -0.1) is 0 Å². The number of rotatable bonds is 5. The molecule has 8 heteroatoms. The summed E-state index contributed by atoms with van der Waals surface area (Å²) in [6.07, 6.45) is 2.08. The van der Waals surface area contributed by atoms with E-state index >= 15 is 0 Å². The smallest absolute Gasteiger partial charge is 0.153 e. The lowest BCUT2D eigenvalue weighted by atomic mass is 10.1. The maximum atomic E-state index is 15.0. The number of hydrogen-bond acceptors (Lipinski definition) is 6. The van der Waals surface area contributed by atoms with E-state index in [4.69, 9.17) is 0 Å². The van der Waals surface area contributed by atoms with Crippen LogP contribution >= 0.6 is 0 Å². The molecule has 0 atom stereocenters. The first-order valence-corrected chi connectivity index (χ1v) is 9.36. The van der Waals surface area contributed by atoms with E-state index in [0.717, 1.165) is 13.1 Å². The summed E-state index contributed by atoms with van der Waals surface area (Å²) in [5, 5.41) is 5.15. The molecule has 29 heavy (non-hydrogen) atoms. The largest absolute Gasteiger partial charge is 0.367 e. The summed E-state index contributed by atoms with van der Waals surface area (Å²) in [6, 6.07) is 9.33. The Kier molecular flexibility index (Phi) is 5.26. The molecule has 1 saturated heterocycles. The third-order valence-electron chi connectivity index (χ3n) is 5.04. The Balaban J connectivity index is 1.76. The molecule has 0 amide bonds. The van der Waals surface area contributed by atoms with Crippen molar-refractivity contribution < 1.29 is 13.6 Å². The third kappa shape index (κ3) is 3.71. The molecule has 1 aromatic heterocycles. The van der Waals surface area contributed by atoms with E-state index in [1.807, 2.05) is 4.90 Å². The molecule has 2 aromatic carbocycles. The van der Waals surface area contributed by atoms with Crippen molar-refractivity contribution in [1.82, 2.24) is 10.3 Å². The van der Waals surface area contributed by atoms with Crippen LogP contribution in [-0.2, 0) is 0 Å². The van der Waals surface area contributed by atoms with Gasteiger partial charge in [-0.2, -0.15) is 0 Å². The minimum atomic E-state index is -0.416. The molecule has 3 aromatic rings. The lowest BCUT2D eigenvalue weighted by Gasteiger charge is -2.30. The normalized spacial score (nSPS) is 14.1. The van der Waals surface area contributed by atoms with Crippen LogP contribution in [0.4, 0.5) is 25.8 Å². The van der Waals surface area contributed by atoms with Crippen LogP contribution in [-0.4, -0.2) is 44.5 Å². The lowest BCUT2D eigenvalue weighted by molar-refractivity contribution is 0.112. The summed E-state index contributed by atoms with van der Waals surface area (Å²) >= 11 is 0. The minimum Gasteiger partial charge on any atom is -0.367 e. The summed E-state index contributed by atoms with van der Waals surface area (Å²) in [4.78, 5) is 17.9.